The first-order valence-electron chi connectivity index (χ1n) is 5.13. The minimum absolute atomic E-state index is 0.261. The number of carbonyl (C=O) groups is 1. The highest BCUT2D eigenvalue weighted by Crippen LogP contribution is 2.13. The summed E-state index contributed by atoms with van der Waals surface area (Å²) in [5.41, 5.74) is 4.98. The van der Waals surface area contributed by atoms with Crippen LogP contribution in [0.25, 0.3) is 0 Å². The van der Waals surface area contributed by atoms with E-state index in [2.05, 4.69) is 17.5 Å². The van der Waals surface area contributed by atoms with Crippen LogP contribution in [0, 0.1) is 17.5 Å². The molecule has 7 heteroatoms. The summed E-state index contributed by atoms with van der Waals surface area (Å²) in [7, 11) is 0. The van der Waals surface area contributed by atoms with E-state index < -0.39 is 23.4 Å². The average molecular weight is 276 g/mol. The van der Waals surface area contributed by atoms with Gasteiger partial charge in [-0.25, -0.2) is 13.2 Å². The van der Waals surface area contributed by atoms with Gasteiger partial charge in [0.05, 0.1) is 4.99 Å². The number of hydrogen-bond acceptors (Lipinski definition) is 2. The summed E-state index contributed by atoms with van der Waals surface area (Å²) in [5.74, 6) is -5.08. The number of thiocarbonyl (C=S) groups is 1. The Labute approximate surface area is 107 Å². The summed E-state index contributed by atoms with van der Waals surface area (Å²) in [6.45, 7) is 0.261. The topological polar surface area (TPSA) is 55.1 Å². The molecular formula is C11H11F3N2OS. The Morgan fingerprint density at radius 2 is 1.83 bits per heavy atom. The Morgan fingerprint density at radius 1 is 1.28 bits per heavy atom. The van der Waals surface area contributed by atoms with Gasteiger partial charge in [0, 0.05) is 12.1 Å². The summed E-state index contributed by atoms with van der Waals surface area (Å²) in [6.07, 6.45) is 0.981. The number of nitrogens with one attached hydrogen (secondary N) is 1. The molecule has 0 heterocycles. The molecule has 0 aromatic heterocycles. The van der Waals surface area contributed by atoms with Crippen LogP contribution in [0.5, 0.6) is 0 Å². The maximum absolute atomic E-state index is 12.9. The lowest BCUT2D eigenvalue weighted by Crippen LogP contribution is -2.25. The quantitative estimate of drug-likeness (QED) is 0.490. The van der Waals surface area contributed by atoms with Crippen LogP contribution in [-0.4, -0.2) is 17.4 Å². The smallest absolute Gasteiger partial charge is 0.251 e. The Bertz CT molecular complexity index is 456. The molecule has 18 heavy (non-hydrogen) atoms. The van der Waals surface area contributed by atoms with Crippen molar-refractivity contribution in [3.63, 3.8) is 0 Å². The predicted octanol–water partition coefficient (Wildman–Crippen LogP) is 1.90. The van der Waals surface area contributed by atoms with Crippen molar-refractivity contribution in [2.45, 2.75) is 12.8 Å². The van der Waals surface area contributed by atoms with E-state index in [0.29, 0.717) is 30.0 Å². The predicted molar refractivity (Wildman–Crippen MR) is 64.7 cm³/mol. The second-order valence-corrected chi connectivity index (χ2v) is 4.10. The van der Waals surface area contributed by atoms with Crippen LogP contribution in [0.15, 0.2) is 12.1 Å². The fraction of sp³-hybridized carbons (Fsp3) is 0.273. The molecule has 98 valence electrons. The third-order valence-corrected chi connectivity index (χ3v) is 2.34. The van der Waals surface area contributed by atoms with Gasteiger partial charge < -0.3 is 11.1 Å². The fourth-order valence-electron chi connectivity index (χ4n) is 1.25. The minimum atomic E-state index is -1.60. The highest BCUT2D eigenvalue weighted by atomic mass is 32.1. The number of carbonyl (C=O) groups excluding carboxylic acids is 1. The van der Waals surface area contributed by atoms with Crippen molar-refractivity contribution in [1.82, 2.24) is 5.32 Å². The van der Waals surface area contributed by atoms with Gasteiger partial charge in [0.1, 0.15) is 0 Å². The number of hydrogen-bond donors (Lipinski definition) is 2. The summed E-state index contributed by atoms with van der Waals surface area (Å²) >= 11 is 4.64. The lowest BCUT2D eigenvalue weighted by Gasteiger charge is -2.05. The van der Waals surface area contributed by atoms with Crippen molar-refractivity contribution in [3.05, 3.63) is 35.1 Å². The summed E-state index contributed by atoms with van der Waals surface area (Å²) < 4.78 is 38.4. The van der Waals surface area contributed by atoms with Crippen LogP contribution in [0.3, 0.4) is 0 Å². The van der Waals surface area contributed by atoms with Gasteiger partial charge in [0.2, 0.25) is 0 Å². The van der Waals surface area contributed by atoms with Crippen molar-refractivity contribution in [1.29, 1.82) is 0 Å². The van der Waals surface area contributed by atoms with E-state index >= 15 is 0 Å². The number of rotatable bonds is 5. The Kier molecular flexibility index (Phi) is 5.08. The average Bonchev–Trinajstić information content (AvgIpc) is 2.30. The molecule has 1 amide bonds. The largest absolute Gasteiger partial charge is 0.393 e. The molecule has 0 radical (unpaired) electrons. The lowest BCUT2D eigenvalue weighted by molar-refractivity contribution is 0.0952. The lowest BCUT2D eigenvalue weighted by atomic mass is 10.2. The second-order valence-electron chi connectivity index (χ2n) is 3.58. The number of amides is 1. The van der Waals surface area contributed by atoms with Crippen LogP contribution >= 0.6 is 12.2 Å². The van der Waals surface area contributed by atoms with Gasteiger partial charge in [0.15, 0.2) is 17.5 Å². The van der Waals surface area contributed by atoms with Crippen molar-refractivity contribution in [2.24, 2.45) is 5.73 Å². The summed E-state index contributed by atoms with van der Waals surface area (Å²) in [6, 6.07) is 1.28. The molecule has 0 atom stereocenters. The van der Waals surface area contributed by atoms with Gasteiger partial charge in [-0.05, 0) is 25.0 Å². The first kappa shape index (κ1) is 14.4. The molecule has 0 spiro atoms. The van der Waals surface area contributed by atoms with Crippen molar-refractivity contribution >= 4 is 23.1 Å². The van der Waals surface area contributed by atoms with Crippen molar-refractivity contribution in [3.8, 4) is 0 Å². The van der Waals surface area contributed by atoms with E-state index in [1.54, 1.807) is 0 Å². The normalized spacial score (nSPS) is 10.2. The van der Waals surface area contributed by atoms with Gasteiger partial charge >= 0.3 is 0 Å². The second kappa shape index (κ2) is 6.34. The molecule has 1 rings (SSSR count). The van der Waals surface area contributed by atoms with Gasteiger partial charge in [-0.2, -0.15) is 0 Å². The molecule has 0 bridgehead atoms. The van der Waals surface area contributed by atoms with Gasteiger partial charge in [-0.15, -0.1) is 0 Å². The van der Waals surface area contributed by atoms with Crippen LogP contribution in [-0.2, 0) is 0 Å². The Balaban J connectivity index is 2.59. The fourth-order valence-corrected chi connectivity index (χ4v) is 1.40. The molecule has 0 aliphatic carbocycles. The van der Waals surface area contributed by atoms with Gasteiger partial charge in [0.25, 0.3) is 5.91 Å². The number of benzene rings is 1. The van der Waals surface area contributed by atoms with Crippen LogP contribution in [0.2, 0.25) is 0 Å². The highest BCUT2D eigenvalue weighted by molar-refractivity contribution is 7.80. The summed E-state index contributed by atoms with van der Waals surface area (Å²) in [4.78, 5) is 11.8. The third kappa shape index (κ3) is 3.99. The zero-order chi connectivity index (χ0) is 13.7. The van der Waals surface area contributed by atoms with Gasteiger partial charge in [-0.1, -0.05) is 12.2 Å². The van der Waals surface area contributed by atoms with E-state index in [9.17, 15) is 18.0 Å². The number of nitrogens with two attached hydrogens (primary N) is 1. The van der Waals surface area contributed by atoms with Gasteiger partial charge in [-0.3, -0.25) is 4.79 Å². The standard InChI is InChI=1S/C11H11F3N2OS/c12-7-4-6(5-8(13)10(7)14)11(17)16-3-1-2-9(15)18/h4-5H,1-3H2,(H2,15,18)(H,16,17). The third-order valence-electron chi connectivity index (χ3n) is 2.13. The zero-order valence-electron chi connectivity index (χ0n) is 9.30. The molecule has 3 N–H and O–H groups in total. The van der Waals surface area contributed by atoms with E-state index in [0.717, 1.165) is 0 Å². The molecule has 0 aliphatic rings. The molecule has 3 nitrogen and oxygen atoms in total. The van der Waals surface area contributed by atoms with Crippen LogP contribution in [0.1, 0.15) is 23.2 Å². The van der Waals surface area contributed by atoms with E-state index in [-0.39, 0.29) is 12.1 Å². The zero-order valence-corrected chi connectivity index (χ0v) is 10.1. The maximum atomic E-state index is 12.9. The molecule has 0 aliphatic heterocycles. The van der Waals surface area contributed by atoms with E-state index in [4.69, 9.17) is 5.73 Å². The van der Waals surface area contributed by atoms with Crippen molar-refractivity contribution in [2.75, 3.05) is 6.54 Å². The van der Waals surface area contributed by atoms with Crippen molar-refractivity contribution < 1.29 is 18.0 Å². The van der Waals surface area contributed by atoms with Crippen LogP contribution < -0.4 is 11.1 Å². The molecule has 0 fully saturated rings. The Hall–Kier alpha value is -1.63. The van der Waals surface area contributed by atoms with E-state index in [1.807, 2.05) is 0 Å². The summed E-state index contributed by atoms with van der Waals surface area (Å²) in [5, 5.41) is 2.42. The highest BCUT2D eigenvalue weighted by Gasteiger charge is 2.14. The molecule has 0 unspecified atom stereocenters. The van der Waals surface area contributed by atoms with Crippen LogP contribution in [0.4, 0.5) is 13.2 Å². The minimum Gasteiger partial charge on any atom is -0.393 e. The monoisotopic (exact) mass is 276 g/mol. The SMILES string of the molecule is NC(=S)CCCNC(=O)c1cc(F)c(F)c(F)c1. The molecule has 1 aromatic rings. The maximum Gasteiger partial charge on any atom is 0.251 e. The molecule has 0 saturated carbocycles. The first-order chi connectivity index (χ1) is 8.41. The molecular weight excluding hydrogens is 265 g/mol. The molecule has 0 saturated heterocycles. The first-order valence-corrected chi connectivity index (χ1v) is 5.53. The number of halogens is 3. The van der Waals surface area contributed by atoms with E-state index in [1.165, 1.54) is 0 Å². The molecule has 1 aromatic carbocycles. The Morgan fingerprint density at radius 3 is 2.33 bits per heavy atom.